The van der Waals surface area contributed by atoms with Crippen molar-refractivity contribution in [3.05, 3.63) is 47.5 Å². The van der Waals surface area contributed by atoms with Crippen LogP contribution in [0.4, 0.5) is 0 Å². The lowest BCUT2D eigenvalue weighted by Crippen LogP contribution is -2.45. The van der Waals surface area contributed by atoms with Crippen LogP contribution in [0.15, 0.2) is 42.0 Å². The zero-order chi connectivity index (χ0) is 25.8. The minimum Gasteiger partial charge on any atom is -0.478 e. The summed E-state index contributed by atoms with van der Waals surface area (Å²) in [5.74, 6) is 0.353. The Kier molecular flexibility index (Phi) is 13.9. The van der Waals surface area contributed by atoms with E-state index in [-0.39, 0.29) is 35.4 Å². The molecule has 2 atom stereocenters. The molecule has 0 aromatic heterocycles. The first kappa shape index (κ1) is 30.9. The molecule has 1 aromatic rings. The number of carbonyl (C=O) groups is 2. The number of carboxylic acids is 1. The third-order valence-corrected chi connectivity index (χ3v) is 5.98. The number of nitrogens with one attached hydrogen (secondary N) is 1. The average Bonchev–Trinajstić information content (AvgIpc) is 2.73. The Bertz CT molecular complexity index is 736. The van der Waals surface area contributed by atoms with Gasteiger partial charge in [0.15, 0.2) is 0 Å². The molecule has 0 aliphatic carbocycles. The highest BCUT2D eigenvalue weighted by Crippen LogP contribution is 2.33. The first-order valence-corrected chi connectivity index (χ1v) is 12.2. The van der Waals surface area contributed by atoms with E-state index in [2.05, 4.69) is 71.1 Å². The summed E-state index contributed by atoms with van der Waals surface area (Å²) in [7, 11) is 1.74. The summed E-state index contributed by atoms with van der Waals surface area (Å²) < 4.78 is 0. The SMILES string of the molecule is CC(C)C.CC[C@H](CNCC(=O)N(C)[C@H](/C=C(\C)C(=O)O)C(C)C)C(C)(C)c1ccccc1. The normalized spacial score (nSPS) is 13.9. The zero-order valence-electron chi connectivity index (χ0n) is 22.6. The van der Waals surface area contributed by atoms with Crippen molar-refractivity contribution in [3.8, 4) is 0 Å². The van der Waals surface area contributed by atoms with E-state index >= 15 is 0 Å². The first-order chi connectivity index (χ1) is 15.2. The van der Waals surface area contributed by atoms with E-state index in [1.54, 1.807) is 24.9 Å². The minimum atomic E-state index is -0.955. The summed E-state index contributed by atoms with van der Waals surface area (Å²) in [6, 6.07) is 10.2. The van der Waals surface area contributed by atoms with Crippen LogP contribution in [0.5, 0.6) is 0 Å². The fourth-order valence-electron chi connectivity index (χ4n) is 3.74. The third kappa shape index (κ3) is 11.0. The minimum absolute atomic E-state index is 0.000233. The summed E-state index contributed by atoms with van der Waals surface area (Å²) in [4.78, 5) is 25.5. The van der Waals surface area contributed by atoms with E-state index < -0.39 is 5.97 Å². The summed E-state index contributed by atoms with van der Waals surface area (Å²) in [6.07, 6.45) is 2.67. The van der Waals surface area contributed by atoms with Gasteiger partial charge in [-0.25, -0.2) is 4.79 Å². The van der Waals surface area contributed by atoms with Crippen LogP contribution >= 0.6 is 0 Å². The van der Waals surface area contributed by atoms with Gasteiger partial charge in [-0.15, -0.1) is 0 Å². The number of hydrogen-bond donors (Lipinski definition) is 2. The molecule has 0 heterocycles. The monoisotopic (exact) mass is 460 g/mol. The Labute approximate surface area is 202 Å². The number of aliphatic carboxylic acids is 1. The van der Waals surface area contributed by atoms with Gasteiger partial charge in [-0.3, -0.25) is 4.79 Å². The second-order valence-corrected chi connectivity index (χ2v) is 10.4. The van der Waals surface area contributed by atoms with Gasteiger partial charge in [-0.2, -0.15) is 0 Å². The number of likely N-dealkylation sites (N-methyl/N-ethyl adjacent to an activating group) is 1. The van der Waals surface area contributed by atoms with Gasteiger partial charge in [-0.1, -0.05) is 98.2 Å². The van der Waals surface area contributed by atoms with Crippen molar-refractivity contribution < 1.29 is 14.7 Å². The molecule has 0 radical (unpaired) electrons. The van der Waals surface area contributed by atoms with Crippen LogP contribution in [-0.4, -0.2) is 48.1 Å². The van der Waals surface area contributed by atoms with Crippen LogP contribution in [0, 0.1) is 17.8 Å². The molecule has 1 aromatic carbocycles. The van der Waals surface area contributed by atoms with Gasteiger partial charge in [-0.05, 0) is 42.2 Å². The van der Waals surface area contributed by atoms with Crippen LogP contribution in [0.25, 0.3) is 0 Å². The Hall–Kier alpha value is -2.14. The second kappa shape index (κ2) is 14.9. The Balaban J connectivity index is 0.00000235. The number of carboxylic acid groups (broad SMARTS) is 1. The lowest BCUT2D eigenvalue weighted by molar-refractivity contribution is -0.133. The predicted molar refractivity (Wildman–Crippen MR) is 139 cm³/mol. The van der Waals surface area contributed by atoms with Crippen LogP contribution in [0.3, 0.4) is 0 Å². The first-order valence-electron chi connectivity index (χ1n) is 12.2. The molecule has 5 heteroatoms. The summed E-state index contributed by atoms with van der Waals surface area (Å²) in [5.41, 5.74) is 1.55. The van der Waals surface area contributed by atoms with Gasteiger partial charge >= 0.3 is 5.97 Å². The maximum atomic E-state index is 12.7. The van der Waals surface area contributed by atoms with Crippen LogP contribution in [0.2, 0.25) is 0 Å². The number of carbonyl (C=O) groups excluding carboxylic acids is 1. The van der Waals surface area contributed by atoms with Crippen molar-refractivity contribution >= 4 is 11.9 Å². The smallest absolute Gasteiger partial charge is 0.331 e. The Morgan fingerprint density at radius 3 is 2.03 bits per heavy atom. The van der Waals surface area contributed by atoms with E-state index in [0.717, 1.165) is 18.9 Å². The number of nitrogens with zero attached hydrogens (tertiary/aromatic N) is 1. The van der Waals surface area contributed by atoms with Crippen molar-refractivity contribution in [1.29, 1.82) is 0 Å². The quantitative estimate of drug-likeness (QED) is 0.412. The predicted octanol–water partition coefficient (Wildman–Crippen LogP) is 5.76. The largest absolute Gasteiger partial charge is 0.478 e. The summed E-state index contributed by atoms with van der Waals surface area (Å²) in [5, 5.41) is 12.5. The molecular formula is C28H48N2O3. The third-order valence-electron chi connectivity index (χ3n) is 5.98. The van der Waals surface area contributed by atoms with Gasteiger partial charge in [0.25, 0.3) is 0 Å². The number of rotatable bonds is 11. The van der Waals surface area contributed by atoms with Crippen LogP contribution in [-0.2, 0) is 15.0 Å². The maximum Gasteiger partial charge on any atom is 0.331 e. The number of benzene rings is 1. The Morgan fingerprint density at radius 2 is 1.61 bits per heavy atom. The lowest BCUT2D eigenvalue weighted by atomic mass is 9.72. The number of hydrogen-bond acceptors (Lipinski definition) is 3. The molecule has 0 saturated carbocycles. The second-order valence-electron chi connectivity index (χ2n) is 10.4. The highest BCUT2D eigenvalue weighted by Gasteiger charge is 2.30. The van der Waals surface area contributed by atoms with Gasteiger partial charge in [0.05, 0.1) is 12.6 Å². The molecule has 0 saturated heterocycles. The highest BCUT2D eigenvalue weighted by atomic mass is 16.4. The van der Waals surface area contributed by atoms with Crippen molar-refractivity contribution in [1.82, 2.24) is 10.2 Å². The molecule has 33 heavy (non-hydrogen) atoms. The molecular weight excluding hydrogens is 412 g/mol. The summed E-state index contributed by atoms with van der Waals surface area (Å²) in [6.45, 7) is 19.7. The zero-order valence-corrected chi connectivity index (χ0v) is 22.6. The van der Waals surface area contributed by atoms with E-state index in [1.807, 2.05) is 19.9 Å². The average molecular weight is 461 g/mol. The van der Waals surface area contributed by atoms with Gasteiger partial charge in [0.1, 0.15) is 0 Å². The van der Waals surface area contributed by atoms with Gasteiger partial charge in [0, 0.05) is 12.6 Å². The molecule has 0 unspecified atom stereocenters. The van der Waals surface area contributed by atoms with Crippen LogP contribution in [0.1, 0.15) is 74.3 Å². The molecule has 0 bridgehead atoms. The van der Waals surface area contributed by atoms with Gasteiger partial charge < -0.3 is 15.3 Å². The molecule has 0 fully saturated rings. The molecule has 1 amide bonds. The van der Waals surface area contributed by atoms with E-state index in [0.29, 0.717) is 5.92 Å². The van der Waals surface area contributed by atoms with E-state index in [4.69, 9.17) is 5.11 Å². The fraction of sp³-hybridized carbons (Fsp3) is 0.643. The van der Waals surface area contributed by atoms with Crippen LogP contribution < -0.4 is 5.32 Å². The standard InChI is InChI=1S/C24H38N2O3.C4H10/c1-8-19(24(5,6)20-12-10-9-11-13-20)15-25-16-22(27)26(7)21(17(2)3)14-18(4)23(28)29;1-4(2)3/h9-14,17,19,21,25H,8,15-16H2,1-7H3,(H,28,29);4H,1-3H3/b18-14+;/t19-,21-;/m1./s1. The highest BCUT2D eigenvalue weighted by molar-refractivity contribution is 5.86. The van der Waals surface area contributed by atoms with Crippen molar-refractivity contribution in [2.24, 2.45) is 17.8 Å². The fourth-order valence-corrected chi connectivity index (χ4v) is 3.74. The Morgan fingerprint density at radius 1 is 1.09 bits per heavy atom. The lowest BCUT2D eigenvalue weighted by Gasteiger charge is -2.35. The molecule has 188 valence electrons. The molecule has 0 spiro atoms. The summed E-state index contributed by atoms with van der Waals surface area (Å²) >= 11 is 0. The van der Waals surface area contributed by atoms with Crippen molar-refractivity contribution in [2.75, 3.05) is 20.1 Å². The molecule has 0 aliphatic heterocycles. The number of amides is 1. The van der Waals surface area contributed by atoms with E-state index in [9.17, 15) is 9.59 Å². The van der Waals surface area contributed by atoms with Gasteiger partial charge in [0.2, 0.25) is 5.91 Å². The van der Waals surface area contributed by atoms with E-state index in [1.165, 1.54) is 5.56 Å². The maximum absolute atomic E-state index is 12.7. The molecule has 2 N–H and O–H groups in total. The van der Waals surface area contributed by atoms with Crippen molar-refractivity contribution in [3.63, 3.8) is 0 Å². The molecule has 5 nitrogen and oxygen atoms in total. The molecule has 0 aliphatic rings. The van der Waals surface area contributed by atoms with Crippen molar-refractivity contribution in [2.45, 2.75) is 80.2 Å². The topological polar surface area (TPSA) is 69.6 Å². The molecule has 1 rings (SSSR count).